The Balaban J connectivity index is 0.00000292. The lowest BCUT2D eigenvalue weighted by Crippen LogP contribution is -2.02. The molecule has 0 aliphatic heterocycles. The summed E-state index contributed by atoms with van der Waals surface area (Å²) in [4.78, 5) is 10.7. The van der Waals surface area contributed by atoms with Crippen molar-refractivity contribution < 1.29 is 0 Å². The maximum absolute atomic E-state index is 5.46. The highest BCUT2D eigenvalue weighted by Gasteiger charge is 2.20. The molecule has 0 amide bonds. The van der Waals surface area contributed by atoms with Crippen LogP contribution >= 0.6 is 0 Å². The minimum atomic E-state index is -0.124. The summed E-state index contributed by atoms with van der Waals surface area (Å²) in [5, 5.41) is 4.68. The Morgan fingerprint density at radius 2 is 0.788 bits per heavy atom. The Kier molecular flexibility index (Phi) is 14.3. The van der Waals surface area contributed by atoms with E-state index in [2.05, 4.69) is 246 Å². The molecule has 0 N–H and O–H groups in total. The normalized spacial score (nSPS) is 12.7. The Hall–Kier alpha value is -7.94. The second-order valence-corrected chi connectivity index (χ2v) is 16.3. The number of benzene rings is 9. The summed E-state index contributed by atoms with van der Waals surface area (Å²) in [7, 11) is 0. The molecule has 1 atom stereocenters. The smallest absolute Gasteiger partial charge is 0.0728 e. The highest BCUT2D eigenvalue weighted by Crippen LogP contribution is 2.45. The second kappa shape index (κ2) is 21.2. The molecule has 0 aromatic heterocycles. The zero-order valence-electron chi connectivity index (χ0n) is 38.6. The molecule has 2 heteroatoms. The van der Waals surface area contributed by atoms with Crippen LogP contribution in [-0.4, -0.2) is 11.4 Å². The van der Waals surface area contributed by atoms with Crippen LogP contribution in [0.1, 0.15) is 74.0 Å². The third-order valence-corrected chi connectivity index (χ3v) is 12.0. The summed E-state index contributed by atoms with van der Waals surface area (Å²) >= 11 is 0. The van der Waals surface area contributed by atoms with Gasteiger partial charge in [0.1, 0.15) is 0 Å². The van der Waals surface area contributed by atoms with Gasteiger partial charge in [-0.1, -0.05) is 227 Å². The molecule has 0 spiro atoms. The van der Waals surface area contributed by atoms with Gasteiger partial charge in [0.05, 0.1) is 23.2 Å². The standard InChI is InChI=1S/C62H50N2.C2H6/c1-43(47-23-11-5-12-24-47)39-59(49-27-15-7-16-28-49)63-45(3)53-35-37-55-57(41-53)61(51-31-19-9-20-32-51)56-38-36-54(42-58(56)62(55)52-33-21-10-22-34-52)46(4)64-60(50-29-17-8-18-30-50)40-44(2)48-25-13-6-14-26-48;1-2/h5-42,46H,3H2,1-2,4H3;1-2H3/b43-39+,44-40+,63-59?,64-60?;. The third-order valence-electron chi connectivity index (χ3n) is 12.0. The van der Waals surface area contributed by atoms with Crippen LogP contribution in [0, 0.1) is 0 Å². The van der Waals surface area contributed by atoms with Gasteiger partial charge in [0.15, 0.2) is 0 Å². The topological polar surface area (TPSA) is 24.7 Å². The fraction of sp³-hybridized carbons (Fsp3) is 0.0938. The summed E-state index contributed by atoms with van der Waals surface area (Å²) in [6.07, 6.45) is 4.39. The molecule has 9 rings (SSSR count). The Morgan fingerprint density at radius 3 is 1.26 bits per heavy atom. The van der Waals surface area contributed by atoms with E-state index in [9.17, 15) is 0 Å². The van der Waals surface area contributed by atoms with Gasteiger partial charge in [-0.3, -0.25) is 4.99 Å². The van der Waals surface area contributed by atoms with E-state index in [1.807, 2.05) is 26.0 Å². The number of fused-ring (bicyclic) bond motifs is 2. The quantitative estimate of drug-likeness (QED) is 0.0864. The Bertz CT molecular complexity index is 3200. The van der Waals surface area contributed by atoms with Crippen LogP contribution in [0.5, 0.6) is 0 Å². The highest BCUT2D eigenvalue weighted by molar-refractivity contribution is 6.22. The van der Waals surface area contributed by atoms with E-state index >= 15 is 0 Å². The van der Waals surface area contributed by atoms with Gasteiger partial charge in [-0.15, -0.1) is 0 Å². The van der Waals surface area contributed by atoms with Gasteiger partial charge in [-0.05, 0) is 122 Å². The SMILES string of the molecule is C=C(N=C(/C=C(\C)c1ccccc1)c1ccccc1)c1ccc2c(-c3ccccc3)c3cc(C(C)N=C(/C=C(\C)c4ccccc4)c4ccccc4)ccc3c(-c3ccccc3)c2c1.CC. The molecule has 0 radical (unpaired) electrons. The van der Waals surface area contributed by atoms with Crippen LogP contribution < -0.4 is 0 Å². The van der Waals surface area contributed by atoms with Crippen LogP contribution in [0.2, 0.25) is 0 Å². The van der Waals surface area contributed by atoms with Gasteiger partial charge in [0.2, 0.25) is 0 Å². The number of rotatable bonds is 12. The van der Waals surface area contributed by atoms with Crippen molar-refractivity contribution in [3.05, 3.63) is 271 Å². The van der Waals surface area contributed by atoms with Crippen molar-refractivity contribution in [2.45, 2.75) is 40.7 Å². The zero-order valence-corrected chi connectivity index (χ0v) is 38.6. The zero-order chi connectivity index (χ0) is 45.8. The molecule has 0 fully saturated rings. The maximum atomic E-state index is 5.46. The minimum Gasteiger partial charge on any atom is -0.277 e. The molecule has 9 aromatic rings. The molecule has 0 saturated carbocycles. The van der Waals surface area contributed by atoms with E-state index in [4.69, 9.17) is 9.98 Å². The molecule has 66 heavy (non-hydrogen) atoms. The Labute approximate surface area is 391 Å². The first-order valence-electron chi connectivity index (χ1n) is 23.0. The van der Waals surface area contributed by atoms with Crippen LogP contribution in [0.4, 0.5) is 0 Å². The molecule has 2 nitrogen and oxygen atoms in total. The lowest BCUT2D eigenvalue weighted by molar-refractivity contribution is 0.823. The summed E-state index contributed by atoms with van der Waals surface area (Å²) in [5.41, 5.74) is 16.1. The number of nitrogens with zero attached hydrogens (tertiary/aromatic N) is 2. The molecule has 322 valence electrons. The van der Waals surface area contributed by atoms with Crippen LogP contribution in [0.25, 0.3) is 60.6 Å². The largest absolute Gasteiger partial charge is 0.277 e. The van der Waals surface area contributed by atoms with E-state index in [1.165, 1.54) is 38.4 Å². The summed E-state index contributed by atoms with van der Waals surface area (Å²) in [6.45, 7) is 15.1. The summed E-state index contributed by atoms with van der Waals surface area (Å²) in [6, 6.07) is 77.0. The van der Waals surface area contributed by atoms with Crippen molar-refractivity contribution in [2.75, 3.05) is 0 Å². The second-order valence-electron chi connectivity index (χ2n) is 16.3. The van der Waals surface area contributed by atoms with Crippen molar-refractivity contribution in [2.24, 2.45) is 9.98 Å². The summed E-state index contributed by atoms with van der Waals surface area (Å²) < 4.78 is 0. The van der Waals surface area contributed by atoms with E-state index in [-0.39, 0.29) is 6.04 Å². The number of aliphatic imine (C=N–C) groups is 2. The predicted molar refractivity (Wildman–Crippen MR) is 287 cm³/mol. The lowest BCUT2D eigenvalue weighted by atomic mass is 9.84. The van der Waals surface area contributed by atoms with Crippen molar-refractivity contribution in [3.8, 4) is 22.3 Å². The monoisotopic (exact) mass is 852 g/mol. The number of allylic oxidation sites excluding steroid dienone is 4. The number of hydrogen-bond acceptors (Lipinski definition) is 2. The van der Waals surface area contributed by atoms with E-state index in [0.717, 1.165) is 61.3 Å². The number of hydrogen-bond donors (Lipinski definition) is 0. The van der Waals surface area contributed by atoms with Crippen molar-refractivity contribution in [1.82, 2.24) is 0 Å². The first-order valence-corrected chi connectivity index (χ1v) is 23.0. The maximum Gasteiger partial charge on any atom is 0.0728 e. The fourth-order valence-electron chi connectivity index (χ4n) is 8.58. The molecule has 9 aromatic carbocycles. The first-order chi connectivity index (χ1) is 32.4. The molecular weight excluding hydrogens is 797 g/mol. The molecule has 0 bridgehead atoms. The van der Waals surface area contributed by atoms with Gasteiger partial charge < -0.3 is 0 Å². The molecular formula is C64H56N2. The van der Waals surface area contributed by atoms with Crippen LogP contribution in [0.15, 0.2) is 247 Å². The predicted octanol–water partition coefficient (Wildman–Crippen LogP) is 17.6. The molecule has 0 aliphatic carbocycles. The molecule has 0 saturated heterocycles. The van der Waals surface area contributed by atoms with E-state index in [1.54, 1.807) is 0 Å². The molecule has 1 unspecified atom stereocenters. The van der Waals surface area contributed by atoms with Crippen LogP contribution in [-0.2, 0) is 0 Å². The molecule has 0 aliphatic rings. The van der Waals surface area contributed by atoms with Crippen LogP contribution in [0.3, 0.4) is 0 Å². The van der Waals surface area contributed by atoms with E-state index < -0.39 is 0 Å². The lowest BCUT2D eigenvalue weighted by Gasteiger charge is -2.20. The van der Waals surface area contributed by atoms with Crippen molar-refractivity contribution in [3.63, 3.8) is 0 Å². The van der Waals surface area contributed by atoms with Crippen molar-refractivity contribution in [1.29, 1.82) is 0 Å². The first kappa shape index (κ1) is 44.7. The van der Waals surface area contributed by atoms with Gasteiger partial charge >= 0.3 is 0 Å². The van der Waals surface area contributed by atoms with Gasteiger partial charge in [0.25, 0.3) is 0 Å². The van der Waals surface area contributed by atoms with Gasteiger partial charge in [0, 0.05) is 11.1 Å². The van der Waals surface area contributed by atoms with Gasteiger partial charge in [-0.2, -0.15) is 0 Å². The van der Waals surface area contributed by atoms with Gasteiger partial charge in [-0.25, -0.2) is 4.99 Å². The third kappa shape index (κ3) is 10.0. The van der Waals surface area contributed by atoms with E-state index in [0.29, 0.717) is 5.70 Å². The highest BCUT2D eigenvalue weighted by atomic mass is 14.8. The average molecular weight is 853 g/mol. The summed E-state index contributed by atoms with van der Waals surface area (Å²) in [5.74, 6) is 0. The van der Waals surface area contributed by atoms with Crippen molar-refractivity contribution >= 4 is 49.8 Å². The Morgan fingerprint density at radius 1 is 0.409 bits per heavy atom. The fourth-order valence-corrected chi connectivity index (χ4v) is 8.58. The molecule has 0 heterocycles. The average Bonchev–Trinajstić information content (AvgIpc) is 3.39. The minimum absolute atomic E-state index is 0.124.